The molecule has 3 aromatic rings. The van der Waals surface area contributed by atoms with Crippen molar-refractivity contribution in [1.29, 1.82) is 0 Å². The Kier molecular flexibility index (Phi) is 2.96. The van der Waals surface area contributed by atoms with Gasteiger partial charge in [-0.3, -0.25) is 0 Å². The second-order valence-corrected chi connectivity index (χ2v) is 5.83. The Hall–Kier alpha value is -1.23. The van der Waals surface area contributed by atoms with E-state index >= 15 is 0 Å². The molecule has 98 valence electrons. The lowest BCUT2D eigenvalue weighted by atomic mass is 10.2. The lowest BCUT2D eigenvalue weighted by Crippen LogP contribution is -2.11. The van der Waals surface area contributed by atoms with Gasteiger partial charge in [-0.1, -0.05) is 23.5 Å². The minimum atomic E-state index is -4.56. The van der Waals surface area contributed by atoms with Gasteiger partial charge in [-0.15, -0.1) is 10.2 Å². The largest absolute Gasteiger partial charge is 0.453 e. The summed E-state index contributed by atoms with van der Waals surface area (Å²) in [5, 5.41) is 11.0. The maximum absolute atomic E-state index is 12.7. The number of hydrogen-bond donors (Lipinski definition) is 0. The molecule has 1 aromatic carbocycles. The van der Waals surface area contributed by atoms with Gasteiger partial charge in [0.1, 0.15) is 5.01 Å². The molecule has 0 saturated carbocycles. The van der Waals surface area contributed by atoms with Crippen molar-refractivity contribution in [3.05, 3.63) is 33.7 Å². The fourth-order valence-electron chi connectivity index (χ4n) is 1.53. The highest BCUT2D eigenvalue weighted by atomic mass is 127. The molecule has 0 fully saturated rings. The molecule has 4 nitrogen and oxygen atoms in total. The molecule has 2 aromatic heterocycles. The van der Waals surface area contributed by atoms with Crippen LogP contribution in [0.4, 0.5) is 13.2 Å². The molecule has 3 rings (SSSR count). The molecule has 0 saturated heterocycles. The van der Waals surface area contributed by atoms with E-state index in [9.17, 15) is 13.2 Å². The van der Waals surface area contributed by atoms with E-state index in [1.165, 1.54) is 0 Å². The quantitative estimate of drug-likeness (QED) is 0.592. The number of aromatic nitrogens is 4. The molecular formula is C10H4F3IN4S. The highest BCUT2D eigenvalue weighted by Gasteiger charge is 2.38. The zero-order valence-corrected chi connectivity index (χ0v) is 12.0. The predicted molar refractivity (Wildman–Crippen MR) is 71.8 cm³/mol. The Morgan fingerprint density at radius 1 is 1.21 bits per heavy atom. The maximum Gasteiger partial charge on any atom is 0.453 e. The molecular weight excluding hydrogens is 392 g/mol. The Balaban J connectivity index is 2.15. The number of fused-ring (bicyclic) bond motifs is 1. The van der Waals surface area contributed by atoms with Gasteiger partial charge in [0.05, 0.1) is 0 Å². The fourth-order valence-corrected chi connectivity index (χ4v) is 2.91. The van der Waals surface area contributed by atoms with Crippen molar-refractivity contribution >= 4 is 38.9 Å². The van der Waals surface area contributed by atoms with Crippen molar-refractivity contribution in [3.63, 3.8) is 0 Å². The molecule has 0 N–H and O–H groups in total. The van der Waals surface area contributed by atoms with Crippen LogP contribution in [-0.4, -0.2) is 19.8 Å². The van der Waals surface area contributed by atoms with Crippen LogP contribution in [0.25, 0.3) is 15.5 Å². The third kappa shape index (κ3) is 2.31. The minimum absolute atomic E-state index is 0.126. The van der Waals surface area contributed by atoms with E-state index in [1.54, 1.807) is 6.07 Å². The Bertz CT molecular complexity index is 749. The summed E-state index contributed by atoms with van der Waals surface area (Å²) in [5.74, 6) is -1.10. The van der Waals surface area contributed by atoms with Gasteiger partial charge in [0.2, 0.25) is 4.96 Å². The van der Waals surface area contributed by atoms with E-state index in [4.69, 9.17) is 0 Å². The fraction of sp³-hybridized carbons (Fsp3) is 0.100. The number of hydrogen-bond acceptors (Lipinski definition) is 4. The molecule has 0 bridgehead atoms. The maximum atomic E-state index is 12.7. The van der Waals surface area contributed by atoms with E-state index in [1.807, 2.05) is 18.2 Å². The first kappa shape index (κ1) is 12.8. The second-order valence-electron chi connectivity index (χ2n) is 3.63. The number of alkyl halides is 3. The molecule has 0 aliphatic heterocycles. The van der Waals surface area contributed by atoms with Crippen LogP contribution in [0.5, 0.6) is 0 Å². The van der Waals surface area contributed by atoms with Crippen molar-refractivity contribution in [2.45, 2.75) is 6.18 Å². The van der Waals surface area contributed by atoms with Gasteiger partial charge in [-0.2, -0.15) is 22.8 Å². The molecule has 0 atom stereocenters. The van der Waals surface area contributed by atoms with Gasteiger partial charge in [0, 0.05) is 9.13 Å². The first-order chi connectivity index (χ1) is 8.95. The average Bonchev–Trinajstić information content (AvgIpc) is 2.85. The summed E-state index contributed by atoms with van der Waals surface area (Å²) in [6, 6.07) is 7.36. The standard InChI is InChI=1S/C10H4F3IN4S/c11-10(12,13)8-15-16-9-18(8)17-7(19-9)5-2-1-3-6(14)4-5/h1-4H. The summed E-state index contributed by atoms with van der Waals surface area (Å²) in [4.78, 5) is 0.126. The van der Waals surface area contributed by atoms with Crippen LogP contribution in [0.15, 0.2) is 24.3 Å². The van der Waals surface area contributed by atoms with Crippen LogP contribution in [0.3, 0.4) is 0 Å². The van der Waals surface area contributed by atoms with Crippen molar-refractivity contribution in [2.24, 2.45) is 0 Å². The summed E-state index contributed by atoms with van der Waals surface area (Å²) in [5.41, 5.74) is 0.760. The third-order valence-corrected chi connectivity index (χ3v) is 3.93. The predicted octanol–water partition coefficient (Wildman–Crippen LogP) is 3.48. The zero-order chi connectivity index (χ0) is 13.6. The first-order valence-corrected chi connectivity index (χ1v) is 6.90. The summed E-state index contributed by atoms with van der Waals surface area (Å²) in [6.45, 7) is 0. The number of halogens is 4. The van der Waals surface area contributed by atoms with Gasteiger partial charge >= 0.3 is 6.18 Å². The molecule has 2 heterocycles. The SMILES string of the molecule is FC(F)(F)c1nnc2sc(-c3cccc(I)c3)nn12. The van der Waals surface area contributed by atoms with Crippen molar-refractivity contribution in [1.82, 2.24) is 19.8 Å². The van der Waals surface area contributed by atoms with E-state index in [0.717, 1.165) is 25.0 Å². The highest BCUT2D eigenvalue weighted by Crippen LogP contribution is 2.31. The first-order valence-electron chi connectivity index (χ1n) is 5.00. The summed E-state index contributed by atoms with van der Waals surface area (Å²) < 4.78 is 39.7. The summed E-state index contributed by atoms with van der Waals surface area (Å²) >= 11 is 3.20. The number of nitrogens with zero attached hydrogens (tertiary/aromatic N) is 4. The molecule has 19 heavy (non-hydrogen) atoms. The number of rotatable bonds is 1. The normalized spacial score (nSPS) is 12.2. The van der Waals surface area contributed by atoms with E-state index in [-0.39, 0.29) is 4.96 Å². The van der Waals surface area contributed by atoms with Crippen LogP contribution in [0.1, 0.15) is 5.82 Å². The van der Waals surface area contributed by atoms with Crippen LogP contribution in [0, 0.1) is 3.57 Å². The summed E-state index contributed by atoms with van der Waals surface area (Å²) in [6.07, 6.45) is -4.56. The van der Waals surface area contributed by atoms with Crippen molar-refractivity contribution in [3.8, 4) is 10.6 Å². The third-order valence-electron chi connectivity index (χ3n) is 2.32. The molecule has 9 heteroatoms. The van der Waals surface area contributed by atoms with Crippen molar-refractivity contribution < 1.29 is 13.2 Å². The molecule has 0 amide bonds. The van der Waals surface area contributed by atoms with E-state index in [2.05, 4.69) is 37.9 Å². The van der Waals surface area contributed by atoms with E-state index < -0.39 is 12.0 Å². The number of benzene rings is 1. The topological polar surface area (TPSA) is 43.1 Å². The smallest absolute Gasteiger partial charge is 0.178 e. The van der Waals surface area contributed by atoms with Crippen LogP contribution in [-0.2, 0) is 6.18 Å². The average molecular weight is 396 g/mol. The Morgan fingerprint density at radius 3 is 2.68 bits per heavy atom. The van der Waals surface area contributed by atoms with Gasteiger partial charge in [-0.05, 0) is 34.7 Å². The van der Waals surface area contributed by atoms with Crippen molar-refractivity contribution in [2.75, 3.05) is 0 Å². The molecule has 0 radical (unpaired) electrons. The van der Waals surface area contributed by atoms with Crippen LogP contribution >= 0.6 is 33.9 Å². The Labute approximate surface area is 122 Å². The van der Waals surface area contributed by atoms with Crippen LogP contribution in [0.2, 0.25) is 0 Å². The monoisotopic (exact) mass is 396 g/mol. The molecule has 0 aliphatic carbocycles. The molecule has 0 unspecified atom stereocenters. The summed E-state index contributed by atoms with van der Waals surface area (Å²) in [7, 11) is 0. The highest BCUT2D eigenvalue weighted by molar-refractivity contribution is 14.1. The van der Waals surface area contributed by atoms with Gasteiger partial charge in [0.15, 0.2) is 0 Å². The lowest BCUT2D eigenvalue weighted by Gasteiger charge is -2.00. The second kappa shape index (κ2) is 4.40. The zero-order valence-electron chi connectivity index (χ0n) is 9.02. The van der Waals surface area contributed by atoms with Gasteiger partial charge < -0.3 is 0 Å². The van der Waals surface area contributed by atoms with Gasteiger partial charge in [-0.25, -0.2) is 0 Å². The molecule has 0 spiro atoms. The van der Waals surface area contributed by atoms with E-state index in [0.29, 0.717) is 5.01 Å². The van der Waals surface area contributed by atoms with Gasteiger partial charge in [0.25, 0.3) is 5.82 Å². The lowest BCUT2D eigenvalue weighted by molar-refractivity contribution is -0.146. The molecule has 0 aliphatic rings. The Morgan fingerprint density at radius 2 is 2.00 bits per heavy atom. The minimum Gasteiger partial charge on any atom is -0.178 e. The van der Waals surface area contributed by atoms with Crippen LogP contribution < -0.4 is 0 Å².